The van der Waals surface area contributed by atoms with Crippen LogP contribution in [0.3, 0.4) is 0 Å². The van der Waals surface area contributed by atoms with Crippen molar-refractivity contribution in [1.82, 2.24) is 0 Å². The topological polar surface area (TPSA) is 91.3 Å². The molecule has 10 rings (SSSR count). The Morgan fingerprint density at radius 2 is 1.05 bits per heavy atom. The van der Waals surface area contributed by atoms with Crippen molar-refractivity contribution in [2.45, 2.75) is 156 Å². The number of fused-ring (bicyclic) bond motifs is 1. The third kappa shape index (κ3) is 12.4. The fourth-order valence-corrected chi connectivity index (χ4v) is 31.2. The van der Waals surface area contributed by atoms with E-state index in [0.29, 0.717) is 19.4 Å². The lowest BCUT2D eigenvalue weighted by Gasteiger charge is -2.57. The summed E-state index contributed by atoms with van der Waals surface area (Å²) >= 11 is 0. The van der Waals surface area contributed by atoms with Crippen LogP contribution in [0.25, 0.3) is 0 Å². The van der Waals surface area contributed by atoms with E-state index in [-0.39, 0.29) is 62.5 Å². The van der Waals surface area contributed by atoms with Gasteiger partial charge in [0.2, 0.25) is 0 Å². The molecule has 10 heteroatoms. The van der Waals surface area contributed by atoms with Gasteiger partial charge in [-0.05, 0) is 108 Å². The van der Waals surface area contributed by atoms with Crippen molar-refractivity contribution >= 4 is 68.3 Å². The molecule has 1 aliphatic heterocycles. The van der Waals surface area contributed by atoms with E-state index in [1.165, 1.54) is 33.1 Å². The molecule has 1 spiro atoms. The van der Waals surface area contributed by atoms with Crippen LogP contribution in [0.4, 0.5) is 0 Å². The number of aliphatic hydroxyl groups excluding tert-OH is 1. The fraction of sp³-hybridized carbons (Fsp3) is 0.407. The Labute approximate surface area is 548 Å². The number of hydrogen-bond acceptors (Lipinski definition) is 7. The van der Waals surface area contributed by atoms with Crippen LogP contribution in [0.5, 0.6) is 0 Å². The quantitative estimate of drug-likeness (QED) is 0.0374. The Kier molecular flexibility index (Phi) is 19.6. The SMILES string of the molecule is C/C(=C\[C@H]1C=C(CO[Si](c2ccccc2)(c2ccccc2)C(C)(C)C)[C@H](C)C[C@]12OC(=O)C=C2O)[C@H](C/C=C(\C)[C@@H]1C=C[C@@H]2[C@@H](O[Si](c3ccccc3)(c3ccccc3)C(C)(C)C)[C@@H](C)C[C@H](C)[C@H]2[C@]1(C)C=O)O[Si](c1ccccc1)(c1ccccc1)C(C)(C)C. The number of aliphatic hydroxyl groups is 1. The van der Waals surface area contributed by atoms with Gasteiger partial charge < -0.3 is 27.9 Å². The van der Waals surface area contributed by atoms with Crippen molar-refractivity contribution < 1.29 is 32.7 Å². The molecule has 11 atom stereocenters. The third-order valence-electron chi connectivity index (χ3n) is 21.5. The Hall–Kier alpha value is -6.51. The summed E-state index contributed by atoms with van der Waals surface area (Å²) in [5, 5.41) is 18.5. The number of aldehydes is 1. The van der Waals surface area contributed by atoms with E-state index in [9.17, 15) is 14.7 Å². The van der Waals surface area contributed by atoms with Crippen molar-refractivity contribution in [2.24, 2.45) is 46.8 Å². The molecule has 0 radical (unpaired) electrons. The highest BCUT2D eigenvalue weighted by molar-refractivity contribution is 7.00. The molecule has 91 heavy (non-hydrogen) atoms. The molecule has 6 aromatic carbocycles. The number of allylic oxidation sites excluding steroid dienone is 2. The van der Waals surface area contributed by atoms with E-state index in [4.69, 9.17) is 18.0 Å². The Morgan fingerprint density at radius 3 is 1.46 bits per heavy atom. The lowest BCUT2D eigenvalue weighted by molar-refractivity contribution is -0.151. The zero-order valence-electron chi connectivity index (χ0n) is 56.8. The predicted octanol–water partition coefficient (Wildman–Crippen LogP) is 15.4. The zero-order valence-corrected chi connectivity index (χ0v) is 59.8. The molecule has 0 aromatic heterocycles. The number of benzene rings is 6. The van der Waals surface area contributed by atoms with Crippen molar-refractivity contribution in [3.63, 3.8) is 0 Å². The van der Waals surface area contributed by atoms with E-state index in [2.05, 4.69) is 316 Å². The highest BCUT2D eigenvalue weighted by Gasteiger charge is 2.60. The maximum Gasteiger partial charge on any atom is 0.335 e. The lowest BCUT2D eigenvalue weighted by atomic mass is 9.51. The first-order valence-electron chi connectivity index (χ1n) is 33.4. The molecule has 0 bridgehead atoms. The van der Waals surface area contributed by atoms with Crippen LogP contribution in [0.1, 0.15) is 123 Å². The van der Waals surface area contributed by atoms with E-state index < -0.39 is 54.0 Å². The molecule has 7 nitrogen and oxygen atoms in total. The number of carbonyl (C=O) groups excluding carboxylic acids is 2. The Morgan fingerprint density at radius 1 is 0.626 bits per heavy atom. The molecule has 1 N–H and O–H groups in total. The second-order valence-corrected chi connectivity index (χ2v) is 43.2. The van der Waals surface area contributed by atoms with E-state index in [0.717, 1.165) is 33.5 Å². The van der Waals surface area contributed by atoms with Gasteiger partial charge in [-0.3, -0.25) is 0 Å². The van der Waals surface area contributed by atoms with Crippen LogP contribution < -0.4 is 31.1 Å². The van der Waals surface area contributed by atoms with Gasteiger partial charge in [-0.1, -0.05) is 308 Å². The van der Waals surface area contributed by atoms with Crippen LogP contribution >= 0.6 is 0 Å². The van der Waals surface area contributed by atoms with Crippen molar-refractivity contribution in [2.75, 3.05) is 6.61 Å². The lowest BCUT2D eigenvalue weighted by Crippen LogP contribution is -2.69. The largest absolute Gasteiger partial charge is 0.508 e. The summed E-state index contributed by atoms with van der Waals surface area (Å²) in [7, 11) is -9.20. The van der Waals surface area contributed by atoms with E-state index in [1.807, 2.05) is 0 Å². The normalized spacial score (nSPS) is 26.3. The summed E-state index contributed by atoms with van der Waals surface area (Å²) in [6, 6.07) is 64.9. The molecule has 1 fully saturated rings. The molecule has 1 heterocycles. The van der Waals surface area contributed by atoms with Gasteiger partial charge in [-0.2, -0.15) is 0 Å². The Balaban J connectivity index is 1.09. The number of esters is 1. The monoisotopic (exact) mass is 1270 g/mol. The van der Waals surface area contributed by atoms with Crippen LogP contribution in [-0.2, 0) is 27.6 Å². The first kappa shape index (κ1) is 67.4. The number of ether oxygens (including phenoxy) is 1. The molecule has 0 unspecified atom stereocenters. The number of hydrogen-bond donors (Lipinski definition) is 1. The second-order valence-electron chi connectivity index (χ2n) is 30.4. The van der Waals surface area contributed by atoms with Gasteiger partial charge in [0.25, 0.3) is 25.0 Å². The third-order valence-corrected chi connectivity index (χ3v) is 36.5. The zero-order chi connectivity index (χ0) is 65.4. The molecule has 4 aliphatic rings. The number of carbonyl (C=O) groups is 2. The maximum absolute atomic E-state index is 14.5. The average Bonchev–Trinajstić information content (AvgIpc) is 1.14. The first-order chi connectivity index (χ1) is 43.2. The van der Waals surface area contributed by atoms with Crippen molar-refractivity contribution in [3.05, 3.63) is 241 Å². The summed E-state index contributed by atoms with van der Waals surface area (Å²) in [5.41, 5.74) is 1.05. The summed E-state index contributed by atoms with van der Waals surface area (Å²) in [4.78, 5) is 28.0. The van der Waals surface area contributed by atoms with Crippen LogP contribution in [0.15, 0.2) is 241 Å². The highest BCUT2D eigenvalue weighted by Crippen LogP contribution is 2.57. The summed E-state index contributed by atoms with van der Waals surface area (Å²) in [5.74, 6) is -0.993. The summed E-state index contributed by atoms with van der Waals surface area (Å²) in [6.07, 6.45) is 15.2. The van der Waals surface area contributed by atoms with Crippen LogP contribution in [0.2, 0.25) is 15.1 Å². The minimum Gasteiger partial charge on any atom is -0.508 e. The second kappa shape index (κ2) is 26.5. The van der Waals surface area contributed by atoms with E-state index >= 15 is 0 Å². The maximum atomic E-state index is 14.5. The molecule has 3 aliphatic carbocycles. The number of rotatable bonds is 19. The molecular formula is C81H100O7Si3. The van der Waals surface area contributed by atoms with Gasteiger partial charge >= 0.3 is 5.97 Å². The summed E-state index contributed by atoms with van der Waals surface area (Å²) in [6.45, 7) is 34.7. The molecule has 0 amide bonds. The van der Waals surface area contributed by atoms with Gasteiger partial charge in [0.15, 0.2) is 5.60 Å². The van der Waals surface area contributed by atoms with Gasteiger partial charge in [0.05, 0.1) is 24.9 Å². The van der Waals surface area contributed by atoms with Crippen molar-refractivity contribution in [3.8, 4) is 0 Å². The van der Waals surface area contributed by atoms with Gasteiger partial charge in [-0.25, -0.2) is 4.79 Å². The first-order valence-corrected chi connectivity index (χ1v) is 39.1. The molecular weight excluding hydrogens is 1170 g/mol. The predicted molar refractivity (Wildman–Crippen MR) is 382 cm³/mol. The Bertz CT molecular complexity index is 3520. The molecule has 1 saturated carbocycles. The van der Waals surface area contributed by atoms with Gasteiger partial charge in [-0.15, -0.1) is 0 Å². The summed E-state index contributed by atoms with van der Waals surface area (Å²) < 4.78 is 30.4. The van der Waals surface area contributed by atoms with Crippen LogP contribution in [0, 0.1) is 46.8 Å². The fourth-order valence-electron chi connectivity index (χ4n) is 17.1. The average molecular weight is 1270 g/mol. The highest BCUT2D eigenvalue weighted by atomic mass is 28.4. The van der Waals surface area contributed by atoms with Crippen molar-refractivity contribution in [1.29, 1.82) is 0 Å². The minimum absolute atomic E-state index is 0.00369. The molecule has 6 aromatic rings. The van der Waals surface area contributed by atoms with E-state index in [1.54, 1.807) is 0 Å². The smallest absolute Gasteiger partial charge is 0.335 e. The standard InChI is InChI=1S/C81H100O7Si3/c1-57(71-48-47-70-75(80(71,15)56-82)59(3)50-60(4)76(70)88-91(79(12,13)14,68-42-30-20-31-43-68)69-44-32-21-33-45-69)46-49-72(87-90(78(9,10)11,66-38-26-18-27-39-66)67-40-28-19-29-41-67)58(2)51-63-52-62(61(5)54-81(63)73(83)53-74(84)86-81)55-85-89(77(6,7)8,64-34-22-16-23-35-64)65-36-24-17-25-37-65/h16-48,51-53,56,59-61,63,70-72,75-76,83H,49-50,54-55H2,1-15H3/b57-46+,58-51+/t59-,60-,61+,63-,70-,71-,72-,75+,76-,80+,81-/m0/s1. The molecule has 478 valence electrons. The van der Waals surface area contributed by atoms with Crippen LogP contribution in [-0.4, -0.2) is 66.7 Å². The van der Waals surface area contributed by atoms with Gasteiger partial charge in [0, 0.05) is 29.6 Å². The molecule has 0 saturated heterocycles. The van der Waals surface area contributed by atoms with Gasteiger partial charge in [0.1, 0.15) is 12.0 Å². The minimum atomic E-state index is -3.25.